The number of aromatic nitrogens is 2. The lowest BCUT2D eigenvalue weighted by atomic mass is 10.1. The van der Waals surface area contributed by atoms with Crippen LogP contribution >= 0.6 is 0 Å². The first-order valence-corrected chi connectivity index (χ1v) is 9.98. The zero-order valence-corrected chi connectivity index (χ0v) is 18.5. The van der Waals surface area contributed by atoms with E-state index in [4.69, 9.17) is 14.6 Å². The van der Waals surface area contributed by atoms with E-state index in [9.17, 15) is 9.59 Å². The third-order valence-electron chi connectivity index (χ3n) is 4.86. The molecular weight excluding hydrogens is 408 g/mol. The summed E-state index contributed by atoms with van der Waals surface area (Å²) in [6.07, 6.45) is 4.98. The Kier molecular flexibility index (Phi) is 7.28. The molecule has 0 fully saturated rings. The van der Waals surface area contributed by atoms with Gasteiger partial charge in [-0.25, -0.2) is 4.68 Å². The minimum atomic E-state index is -0.292. The van der Waals surface area contributed by atoms with Crippen LogP contribution in [0.1, 0.15) is 5.56 Å². The highest BCUT2D eigenvalue weighted by atomic mass is 16.5. The summed E-state index contributed by atoms with van der Waals surface area (Å²) in [5, 5.41) is 7.25. The van der Waals surface area contributed by atoms with Crippen molar-refractivity contribution >= 4 is 17.9 Å². The van der Waals surface area contributed by atoms with Crippen LogP contribution < -0.4 is 14.8 Å². The van der Waals surface area contributed by atoms with Gasteiger partial charge in [0.05, 0.1) is 26.5 Å². The van der Waals surface area contributed by atoms with Gasteiger partial charge in [0.2, 0.25) is 11.8 Å². The van der Waals surface area contributed by atoms with Gasteiger partial charge in [0.15, 0.2) is 11.5 Å². The third kappa shape index (κ3) is 5.15. The predicted molar refractivity (Wildman–Crippen MR) is 123 cm³/mol. The van der Waals surface area contributed by atoms with Gasteiger partial charge in [0.25, 0.3) is 0 Å². The Balaban J connectivity index is 2.00. The highest BCUT2D eigenvalue weighted by Crippen LogP contribution is 2.33. The van der Waals surface area contributed by atoms with Crippen LogP contribution in [-0.2, 0) is 9.59 Å². The zero-order chi connectivity index (χ0) is 23.1. The van der Waals surface area contributed by atoms with Crippen molar-refractivity contribution in [3.63, 3.8) is 0 Å². The number of likely N-dealkylation sites (N-methyl/N-ethyl adjacent to an activating group) is 2. The molecular formula is C24H26N4O4. The number of hydrogen-bond acceptors (Lipinski definition) is 5. The number of nitrogens with zero attached hydrogens (tertiary/aromatic N) is 3. The van der Waals surface area contributed by atoms with E-state index in [1.165, 1.54) is 18.0 Å². The Morgan fingerprint density at radius 1 is 1.09 bits per heavy atom. The topological polar surface area (TPSA) is 85.7 Å². The molecule has 2 aromatic carbocycles. The maximum Gasteiger partial charge on any atom is 0.246 e. The first kappa shape index (κ1) is 22.6. The number of benzene rings is 2. The summed E-state index contributed by atoms with van der Waals surface area (Å²) in [5.74, 6) is 0.661. The average molecular weight is 434 g/mol. The Hall–Kier alpha value is -4.07. The molecule has 0 aliphatic heterocycles. The van der Waals surface area contributed by atoms with Crippen LogP contribution in [0.4, 0.5) is 0 Å². The first-order chi connectivity index (χ1) is 15.5. The standard InChI is InChI=1S/C24H26N4O4/c1-25-22(29)16-27(2)23(30)13-11-18-15-28(19-8-6-5-7-9-19)26-24(18)17-10-12-20(31-3)21(14-17)32-4/h5-15H,16H2,1-4H3,(H,25,29)/b13-11+. The number of carbonyl (C=O) groups is 2. The molecule has 0 radical (unpaired) electrons. The number of nitrogens with one attached hydrogen (secondary N) is 1. The normalized spacial score (nSPS) is 10.8. The van der Waals surface area contributed by atoms with Gasteiger partial charge in [-0.1, -0.05) is 18.2 Å². The maximum atomic E-state index is 12.5. The largest absolute Gasteiger partial charge is 0.493 e. The molecule has 32 heavy (non-hydrogen) atoms. The van der Waals surface area contributed by atoms with Crippen LogP contribution in [0.2, 0.25) is 0 Å². The summed E-state index contributed by atoms with van der Waals surface area (Å²) < 4.78 is 12.5. The van der Waals surface area contributed by atoms with Crippen molar-refractivity contribution in [1.82, 2.24) is 20.0 Å². The van der Waals surface area contributed by atoms with Crippen molar-refractivity contribution in [1.29, 1.82) is 0 Å². The summed E-state index contributed by atoms with van der Waals surface area (Å²) in [6, 6.07) is 15.2. The molecule has 1 heterocycles. The van der Waals surface area contributed by atoms with Crippen LogP contribution in [0.15, 0.2) is 60.8 Å². The van der Waals surface area contributed by atoms with Gasteiger partial charge in [-0.2, -0.15) is 5.10 Å². The second-order valence-corrected chi connectivity index (χ2v) is 6.98. The van der Waals surface area contributed by atoms with Crippen molar-refractivity contribution in [2.75, 3.05) is 34.9 Å². The SMILES string of the molecule is CNC(=O)CN(C)C(=O)/C=C/c1cn(-c2ccccc2)nc1-c1ccc(OC)c(OC)c1. The van der Waals surface area contributed by atoms with E-state index in [0.717, 1.165) is 16.8 Å². The number of methoxy groups -OCH3 is 2. The van der Waals surface area contributed by atoms with E-state index >= 15 is 0 Å². The van der Waals surface area contributed by atoms with Gasteiger partial charge in [-0.15, -0.1) is 0 Å². The summed E-state index contributed by atoms with van der Waals surface area (Å²) in [6.45, 7) is -0.0223. The van der Waals surface area contributed by atoms with Crippen molar-refractivity contribution in [2.45, 2.75) is 0 Å². The molecule has 0 aliphatic carbocycles. The molecule has 1 N–H and O–H groups in total. The van der Waals surface area contributed by atoms with Crippen molar-refractivity contribution in [2.24, 2.45) is 0 Å². The molecule has 0 unspecified atom stereocenters. The van der Waals surface area contributed by atoms with Crippen LogP contribution in [0, 0.1) is 0 Å². The second-order valence-electron chi connectivity index (χ2n) is 6.98. The molecule has 8 nitrogen and oxygen atoms in total. The maximum absolute atomic E-state index is 12.5. The molecule has 2 amide bonds. The lowest BCUT2D eigenvalue weighted by Gasteiger charge is -2.13. The van der Waals surface area contributed by atoms with E-state index in [-0.39, 0.29) is 18.4 Å². The molecule has 166 valence electrons. The molecule has 0 bridgehead atoms. The summed E-state index contributed by atoms with van der Waals surface area (Å²) in [4.78, 5) is 25.4. The van der Waals surface area contributed by atoms with Crippen molar-refractivity contribution < 1.29 is 19.1 Å². The molecule has 1 aromatic heterocycles. The third-order valence-corrected chi connectivity index (χ3v) is 4.86. The smallest absolute Gasteiger partial charge is 0.246 e. The fraction of sp³-hybridized carbons (Fsp3) is 0.208. The number of hydrogen-bond donors (Lipinski definition) is 1. The quantitative estimate of drug-likeness (QED) is 0.551. The van der Waals surface area contributed by atoms with Gasteiger partial charge in [0, 0.05) is 37.5 Å². The average Bonchev–Trinajstić information content (AvgIpc) is 3.26. The highest BCUT2D eigenvalue weighted by Gasteiger charge is 2.15. The van der Waals surface area contributed by atoms with Crippen LogP contribution in [0.5, 0.6) is 11.5 Å². The second kappa shape index (κ2) is 10.3. The number of para-hydroxylation sites is 1. The van der Waals surface area contributed by atoms with E-state index in [1.54, 1.807) is 32.0 Å². The molecule has 0 spiro atoms. The predicted octanol–water partition coefficient (Wildman–Crippen LogP) is 2.77. The van der Waals surface area contributed by atoms with Crippen LogP contribution in [0.3, 0.4) is 0 Å². The lowest BCUT2D eigenvalue weighted by molar-refractivity contribution is -0.130. The highest BCUT2D eigenvalue weighted by molar-refractivity contribution is 5.95. The molecule has 0 saturated heterocycles. The summed E-state index contributed by atoms with van der Waals surface area (Å²) in [5.41, 5.74) is 3.11. The molecule has 0 saturated carbocycles. The van der Waals surface area contributed by atoms with Crippen LogP contribution in [0.25, 0.3) is 23.0 Å². The number of rotatable bonds is 8. The minimum absolute atomic E-state index is 0.0223. The monoisotopic (exact) mass is 434 g/mol. The number of ether oxygens (including phenoxy) is 2. The van der Waals surface area contributed by atoms with Crippen molar-refractivity contribution in [3.8, 4) is 28.4 Å². The van der Waals surface area contributed by atoms with E-state index in [0.29, 0.717) is 17.2 Å². The summed E-state index contributed by atoms with van der Waals surface area (Å²) >= 11 is 0. The number of amides is 2. The van der Waals surface area contributed by atoms with E-state index < -0.39 is 0 Å². The molecule has 3 rings (SSSR count). The van der Waals surface area contributed by atoms with Gasteiger partial charge < -0.3 is 19.7 Å². The molecule has 0 atom stereocenters. The Bertz CT molecular complexity index is 1120. The fourth-order valence-corrected chi connectivity index (χ4v) is 3.09. The molecule has 3 aromatic rings. The Morgan fingerprint density at radius 3 is 2.47 bits per heavy atom. The van der Waals surface area contributed by atoms with E-state index in [2.05, 4.69) is 5.32 Å². The van der Waals surface area contributed by atoms with Gasteiger partial charge >= 0.3 is 0 Å². The molecule has 8 heteroatoms. The lowest BCUT2D eigenvalue weighted by Crippen LogP contribution is -2.35. The first-order valence-electron chi connectivity index (χ1n) is 9.98. The van der Waals surface area contributed by atoms with Crippen molar-refractivity contribution in [3.05, 3.63) is 66.4 Å². The van der Waals surface area contributed by atoms with Gasteiger partial charge in [-0.05, 0) is 36.4 Å². The van der Waals surface area contributed by atoms with Gasteiger partial charge in [-0.3, -0.25) is 9.59 Å². The summed E-state index contributed by atoms with van der Waals surface area (Å²) in [7, 11) is 6.26. The minimum Gasteiger partial charge on any atom is -0.493 e. The Labute approximate surface area is 187 Å². The Morgan fingerprint density at radius 2 is 1.81 bits per heavy atom. The van der Waals surface area contributed by atoms with Crippen LogP contribution in [-0.4, -0.2) is 61.4 Å². The molecule has 0 aliphatic rings. The number of carbonyl (C=O) groups excluding carboxylic acids is 2. The van der Waals surface area contributed by atoms with E-state index in [1.807, 2.05) is 54.7 Å². The van der Waals surface area contributed by atoms with Gasteiger partial charge in [0.1, 0.15) is 5.69 Å². The zero-order valence-electron chi connectivity index (χ0n) is 18.5. The fourth-order valence-electron chi connectivity index (χ4n) is 3.09.